The van der Waals surface area contributed by atoms with Crippen LogP contribution >= 0.6 is 22.9 Å². The quantitative estimate of drug-likeness (QED) is 0.293. The van der Waals surface area contributed by atoms with Crippen LogP contribution < -0.4 is 5.32 Å². The van der Waals surface area contributed by atoms with Gasteiger partial charge in [0.25, 0.3) is 5.91 Å². The van der Waals surface area contributed by atoms with Gasteiger partial charge in [0, 0.05) is 23.0 Å². The van der Waals surface area contributed by atoms with Gasteiger partial charge in [-0.2, -0.15) is 5.10 Å². The Hall–Kier alpha value is -3.16. The number of aromatic nitrogens is 2. The number of carbonyl (C=O) groups excluding carboxylic acids is 2. The van der Waals surface area contributed by atoms with Crippen LogP contribution in [0.5, 0.6) is 0 Å². The van der Waals surface area contributed by atoms with Crippen LogP contribution in [0.25, 0.3) is 15.9 Å². The van der Waals surface area contributed by atoms with Crippen molar-refractivity contribution in [3.8, 4) is 5.69 Å². The molecule has 2 heterocycles. The van der Waals surface area contributed by atoms with Gasteiger partial charge in [0.05, 0.1) is 16.3 Å². The standard InChI is InChI=1S/C29H31ClN4O2S/c1-19-25-17-26(37-29(25)34(32-19)24-11-7-4-8-12-24)28(36)33(18-21-13-15-22(30)16-14-21)20(2)27(35)31-23-9-5-3-6-10-23/h4,7-8,11-17,20,23H,3,5-6,9-10,18H2,1-2H3,(H,31,35). The molecule has 0 radical (unpaired) electrons. The Bertz CT molecular complexity index is 1390. The SMILES string of the molecule is Cc1nn(-c2ccccc2)c2sc(C(=O)N(Cc3ccc(Cl)cc3)C(C)C(=O)NC3CCCCC3)cc12. The molecule has 192 valence electrons. The minimum Gasteiger partial charge on any atom is -0.352 e. The minimum absolute atomic E-state index is 0.109. The highest BCUT2D eigenvalue weighted by molar-refractivity contribution is 7.20. The Kier molecular flexibility index (Phi) is 7.63. The van der Waals surface area contributed by atoms with Crippen LogP contribution in [-0.2, 0) is 11.3 Å². The molecular weight excluding hydrogens is 504 g/mol. The molecule has 2 aromatic heterocycles. The van der Waals surface area contributed by atoms with Gasteiger partial charge in [-0.25, -0.2) is 4.68 Å². The van der Waals surface area contributed by atoms with E-state index in [0.717, 1.165) is 52.8 Å². The summed E-state index contributed by atoms with van der Waals surface area (Å²) in [5, 5.41) is 9.47. The average Bonchev–Trinajstić information content (AvgIpc) is 3.49. The number of fused-ring (bicyclic) bond motifs is 1. The molecule has 1 unspecified atom stereocenters. The van der Waals surface area contributed by atoms with E-state index in [9.17, 15) is 9.59 Å². The first-order valence-corrected chi connectivity index (χ1v) is 14.0. The van der Waals surface area contributed by atoms with Crippen LogP contribution in [0.1, 0.15) is 60.0 Å². The second kappa shape index (κ2) is 11.1. The van der Waals surface area contributed by atoms with Crippen LogP contribution in [-0.4, -0.2) is 38.6 Å². The molecule has 5 rings (SSSR count). The molecule has 37 heavy (non-hydrogen) atoms. The number of amides is 2. The lowest BCUT2D eigenvalue weighted by Gasteiger charge is -2.31. The summed E-state index contributed by atoms with van der Waals surface area (Å²) in [4.78, 5) is 30.5. The highest BCUT2D eigenvalue weighted by Gasteiger charge is 2.30. The molecule has 0 aliphatic heterocycles. The maximum atomic E-state index is 14.0. The first-order valence-electron chi connectivity index (χ1n) is 12.8. The molecule has 2 amide bonds. The average molecular weight is 535 g/mol. The Labute approximate surface area is 226 Å². The summed E-state index contributed by atoms with van der Waals surface area (Å²) in [6.45, 7) is 4.08. The van der Waals surface area contributed by atoms with Gasteiger partial charge < -0.3 is 10.2 Å². The van der Waals surface area contributed by atoms with Crippen molar-refractivity contribution in [2.75, 3.05) is 0 Å². The third-order valence-electron chi connectivity index (χ3n) is 7.08. The second-order valence-corrected chi connectivity index (χ2v) is 11.2. The smallest absolute Gasteiger partial charge is 0.264 e. The zero-order chi connectivity index (χ0) is 25.9. The van der Waals surface area contributed by atoms with Gasteiger partial charge in [0.2, 0.25) is 5.91 Å². The zero-order valence-corrected chi connectivity index (χ0v) is 22.7. The van der Waals surface area contributed by atoms with E-state index in [1.807, 2.05) is 79.2 Å². The minimum atomic E-state index is -0.623. The number of benzene rings is 2. The van der Waals surface area contributed by atoms with Gasteiger partial charge in [-0.3, -0.25) is 9.59 Å². The van der Waals surface area contributed by atoms with E-state index < -0.39 is 6.04 Å². The Morgan fingerprint density at radius 1 is 1.11 bits per heavy atom. The van der Waals surface area contributed by atoms with Gasteiger partial charge in [0.1, 0.15) is 10.9 Å². The van der Waals surface area contributed by atoms with Crippen molar-refractivity contribution in [1.29, 1.82) is 0 Å². The molecule has 8 heteroatoms. The number of aryl methyl sites for hydroxylation is 1. The second-order valence-electron chi connectivity index (χ2n) is 9.74. The van der Waals surface area contributed by atoms with Crippen molar-refractivity contribution in [3.63, 3.8) is 0 Å². The molecule has 1 aliphatic carbocycles. The number of hydrogen-bond acceptors (Lipinski definition) is 4. The predicted molar refractivity (Wildman–Crippen MR) is 149 cm³/mol. The lowest BCUT2D eigenvalue weighted by atomic mass is 9.95. The normalized spacial score (nSPS) is 15.0. The van der Waals surface area contributed by atoms with E-state index in [-0.39, 0.29) is 17.9 Å². The Balaban J connectivity index is 1.46. The van der Waals surface area contributed by atoms with Gasteiger partial charge in [0.15, 0.2) is 0 Å². The summed E-state index contributed by atoms with van der Waals surface area (Å²) in [7, 11) is 0. The molecule has 1 aliphatic rings. The van der Waals surface area contributed by atoms with Crippen molar-refractivity contribution in [1.82, 2.24) is 20.0 Å². The Morgan fingerprint density at radius 2 is 1.81 bits per heavy atom. The summed E-state index contributed by atoms with van der Waals surface area (Å²) >= 11 is 7.50. The lowest BCUT2D eigenvalue weighted by molar-refractivity contribution is -0.126. The molecule has 1 saturated carbocycles. The van der Waals surface area contributed by atoms with Crippen molar-refractivity contribution in [2.45, 2.75) is 64.6 Å². The molecule has 2 aromatic carbocycles. The number of carbonyl (C=O) groups is 2. The van der Waals surface area contributed by atoms with E-state index in [1.165, 1.54) is 17.8 Å². The number of para-hydroxylation sites is 1. The van der Waals surface area contributed by atoms with Gasteiger partial charge in [-0.15, -0.1) is 11.3 Å². The highest BCUT2D eigenvalue weighted by atomic mass is 35.5. The number of nitrogens with zero attached hydrogens (tertiary/aromatic N) is 3. The van der Waals surface area contributed by atoms with Crippen LogP contribution in [0, 0.1) is 6.92 Å². The van der Waals surface area contributed by atoms with Crippen molar-refractivity contribution in [2.24, 2.45) is 0 Å². The van der Waals surface area contributed by atoms with E-state index in [1.54, 1.807) is 4.90 Å². The molecule has 4 aromatic rings. The van der Waals surface area contributed by atoms with Crippen LogP contribution in [0.2, 0.25) is 5.02 Å². The number of hydrogen-bond donors (Lipinski definition) is 1. The molecule has 0 saturated heterocycles. The topological polar surface area (TPSA) is 67.2 Å². The number of halogens is 1. The van der Waals surface area contributed by atoms with E-state index in [2.05, 4.69) is 5.32 Å². The summed E-state index contributed by atoms with van der Waals surface area (Å²) in [5.41, 5.74) is 2.73. The predicted octanol–water partition coefficient (Wildman–Crippen LogP) is 6.53. The molecule has 1 fully saturated rings. The molecule has 1 atom stereocenters. The first kappa shape index (κ1) is 25.5. The highest BCUT2D eigenvalue weighted by Crippen LogP contribution is 2.32. The maximum absolute atomic E-state index is 14.0. The fourth-order valence-electron chi connectivity index (χ4n) is 4.92. The van der Waals surface area contributed by atoms with Gasteiger partial charge in [-0.1, -0.05) is 61.2 Å². The Morgan fingerprint density at radius 3 is 2.51 bits per heavy atom. The monoisotopic (exact) mass is 534 g/mol. The fraction of sp³-hybridized carbons (Fsp3) is 0.345. The zero-order valence-electron chi connectivity index (χ0n) is 21.1. The maximum Gasteiger partial charge on any atom is 0.264 e. The van der Waals surface area contributed by atoms with Crippen molar-refractivity contribution < 1.29 is 9.59 Å². The van der Waals surface area contributed by atoms with Crippen LogP contribution in [0.4, 0.5) is 0 Å². The molecule has 1 N–H and O–H groups in total. The third-order valence-corrected chi connectivity index (χ3v) is 8.43. The summed E-state index contributed by atoms with van der Waals surface area (Å²) in [5.74, 6) is -0.275. The van der Waals surface area contributed by atoms with Gasteiger partial charge in [-0.05, 0) is 62.6 Å². The number of nitrogens with one attached hydrogen (secondary N) is 1. The molecule has 0 bridgehead atoms. The largest absolute Gasteiger partial charge is 0.352 e. The number of thiophene rings is 1. The van der Waals surface area contributed by atoms with E-state index in [0.29, 0.717) is 16.4 Å². The van der Waals surface area contributed by atoms with Crippen molar-refractivity contribution in [3.05, 3.63) is 81.8 Å². The summed E-state index contributed by atoms with van der Waals surface area (Å²) in [6, 6.07) is 18.8. The van der Waals surface area contributed by atoms with Crippen molar-refractivity contribution >= 4 is 45.0 Å². The molecular formula is C29H31ClN4O2S. The molecule has 6 nitrogen and oxygen atoms in total. The third kappa shape index (κ3) is 5.58. The summed E-state index contributed by atoms with van der Waals surface area (Å²) < 4.78 is 1.88. The van der Waals surface area contributed by atoms with Crippen LogP contribution in [0.15, 0.2) is 60.7 Å². The lowest BCUT2D eigenvalue weighted by Crippen LogP contribution is -2.50. The first-order chi connectivity index (χ1) is 17.9. The molecule has 0 spiro atoms. The van der Waals surface area contributed by atoms with Gasteiger partial charge >= 0.3 is 0 Å². The summed E-state index contributed by atoms with van der Waals surface area (Å²) in [6.07, 6.45) is 5.47. The van der Waals surface area contributed by atoms with E-state index in [4.69, 9.17) is 16.7 Å². The fourth-order valence-corrected chi connectivity index (χ4v) is 6.18. The van der Waals surface area contributed by atoms with E-state index >= 15 is 0 Å². The number of rotatable bonds is 7. The van der Waals surface area contributed by atoms with Crippen LogP contribution in [0.3, 0.4) is 0 Å².